The van der Waals surface area contributed by atoms with Gasteiger partial charge >= 0.3 is 0 Å². The summed E-state index contributed by atoms with van der Waals surface area (Å²) in [6.45, 7) is 1.95. The fraction of sp³-hybridized carbons (Fsp3) is 0.0833. The first-order valence-electron chi connectivity index (χ1n) is 5.20. The predicted molar refractivity (Wildman–Crippen MR) is 73.1 cm³/mol. The third kappa shape index (κ3) is 2.84. The average Bonchev–Trinajstić information content (AvgIpc) is 2.33. The zero-order chi connectivity index (χ0) is 13.1. The van der Waals surface area contributed by atoms with Crippen LogP contribution in [0, 0.1) is 17.0 Å². The molecule has 1 N–H and O–H groups in total. The number of aryl methyl sites for hydroxylation is 1. The Labute approximate surface area is 112 Å². The molecule has 0 saturated carbocycles. The van der Waals surface area contributed by atoms with E-state index in [1.54, 1.807) is 0 Å². The number of hydrogen-bond acceptors (Lipinski definition) is 4. The van der Waals surface area contributed by atoms with E-state index in [0.29, 0.717) is 5.82 Å². The van der Waals surface area contributed by atoms with Crippen LogP contribution in [-0.4, -0.2) is 9.91 Å². The van der Waals surface area contributed by atoms with Gasteiger partial charge < -0.3 is 5.32 Å². The summed E-state index contributed by atoms with van der Waals surface area (Å²) in [6, 6.07) is 8.51. The summed E-state index contributed by atoms with van der Waals surface area (Å²) >= 11 is 3.38. The summed E-state index contributed by atoms with van der Waals surface area (Å²) in [4.78, 5) is 14.3. The number of pyridine rings is 1. The molecule has 0 aliphatic rings. The van der Waals surface area contributed by atoms with E-state index in [1.165, 1.54) is 18.3 Å². The standard InChI is InChI=1S/C12H10BrN3O2/c1-8-6-9(13)2-3-11(8)15-12-7-10(16(17)18)4-5-14-12/h2-7H,1H3,(H,14,15). The molecule has 0 bridgehead atoms. The molecule has 1 aromatic heterocycles. The monoisotopic (exact) mass is 307 g/mol. The van der Waals surface area contributed by atoms with Gasteiger partial charge in [-0.2, -0.15) is 0 Å². The summed E-state index contributed by atoms with van der Waals surface area (Å²) in [6.07, 6.45) is 1.41. The Balaban J connectivity index is 2.28. The van der Waals surface area contributed by atoms with Gasteiger partial charge in [0.2, 0.25) is 0 Å². The van der Waals surface area contributed by atoms with E-state index < -0.39 is 4.92 Å². The van der Waals surface area contributed by atoms with Crippen LogP contribution >= 0.6 is 15.9 Å². The van der Waals surface area contributed by atoms with Gasteiger partial charge in [-0.3, -0.25) is 10.1 Å². The number of nitrogens with one attached hydrogen (secondary N) is 1. The Hall–Kier alpha value is -1.95. The van der Waals surface area contributed by atoms with Crippen LogP contribution in [0.3, 0.4) is 0 Å². The van der Waals surface area contributed by atoms with Gasteiger partial charge in [0.1, 0.15) is 5.82 Å². The first-order valence-corrected chi connectivity index (χ1v) is 5.99. The lowest BCUT2D eigenvalue weighted by Gasteiger charge is -2.08. The van der Waals surface area contributed by atoms with Crippen LogP contribution in [0.4, 0.5) is 17.2 Å². The zero-order valence-corrected chi connectivity index (χ0v) is 11.1. The molecule has 0 aliphatic heterocycles. The predicted octanol–water partition coefficient (Wildman–Crippen LogP) is 3.80. The van der Waals surface area contributed by atoms with Crippen molar-refractivity contribution >= 4 is 33.1 Å². The summed E-state index contributed by atoms with van der Waals surface area (Å²) in [5, 5.41) is 13.7. The van der Waals surface area contributed by atoms with Crippen molar-refractivity contribution in [1.82, 2.24) is 4.98 Å². The van der Waals surface area contributed by atoms with Crippen LogP contribution in [0.15, 0.2) is 41.0 Å². The maximum absolute atomic E-state index is 10.7. The highest BCUT2D eigenvalue weighted by molar-refractivity contribution is 9.10. The Morgan fingerprint density at radius 3 is 2.78 bits per heavy atom. The van der Waals surface area contributed by atoms with Crippen molar-refractivity contribution in [2.75, 3.05) is 5.32 Å². The van der Waals surface area contributed by atoms with Gasteiger partial charge in [-0.15, -0.1) is 0 Å². The number of rotatable bonds is 3. The smallest absolute Gasteiger partial charge is 0.274 e. The van der Waals surface area contributed by atoms with Gasteiger partial charge in [-0.25, -0.2) is 4.98 Å². The lowest BCUT2D eigenvalue weighted by Crippen LogP contribution is -1.97. The number of anilines is 2. The molecule has 0 atom stereocenters. The topological polar surface area (TPSA) is 68.1 Å². The summed E-state index contributed by atoms with van der Waals surface area (Å²) in [7, 11) is 0. The van der Waals surface area contributed by atoms with Crippen molar-refractivity contribution in [3.05, 3.63) is 56.7 Å². The normalized spacial score (nSPS) is 10.1. The third-order valence-corrected chi connectivity index (χ3v) is 2.90. The van der Waals surface area contributed by atoms with Crippen molar-refractivity contribution in [3.63, 3.8) is 0 Å². The van der Waals surface area contributed by atoms with Crippen molar-refractivity contribution in [2.45, 2.75) is 6.92 Å². The van der Waals surface area contributed by atoms with Gasteiger partial charge in [0.15, 0.2) is 0 Å². The first kappa shape index (κ1) is 12.5. The largest absolute Gasteiger partial charge is 0.340 e. The first-order chi connectivity index (χ1) is 8.56. The molecule has 6 heteroatoms. The SMILES string of the molecule is Cc1cc(Br)ccc1Nc1cc([N+](=O)[O-])ccn1. The molecule has 18 heavy (non-hydrogen) atoms. The van der Waals surface area contributed by atoms with Gasteiger partial charge in [0.25, 0.3) is 5.69 Å². The highest BCUT2D eigenvalue weighted by Gasteiger charge is 2.07. The van der Waals surface area contributed by atoms with Crippen LogP contribution in [0.5, 0.6) is 0 Å². The number of benzene rings is 1. The van der Waals surface area contributed by atoms with Crippen LogP contribution in [0.25, 0.3) is 0 Å². The zero-order valence-electron chi connectivity index (χ0n) is 9.55. The fourth-order valence-corrected chi connectivity index (χ4v) is 1.98. The van der Waals surface area contributed by atoms with Crippen LogP contribution in [-0.2, 0) is 0 Å². The van der Waals surface area contributed by atoms with E-state index >= 15 is 0 Å². The van der Waals surface area contributed by atoms with Gasteiger partial charge in [-0.05, 0) is 30.7 Å². The molecule has 2 rings (SSSR count). The molecule has 1 heterocycles. The van der Waals surface area contributed by atoms with Crippen molar-refractivity contribution in [1.29, 1.82) is 0 Å². The molecule has 0 radical (unpaired) electrons. The van der Waals surface area contributed by atoms with Crippen LogP contribution in [0.1, 0.15) is 5.56 Å². The molecule has 0 fully saturated rings. The highest BCUT2D eigenvalue weighted by atomic mass is 79.9. The molecule has 1 aromatic carbocycles. The quantitative estimate of drug-likeness (QED) is 0.691. The second-order valence-corrected chi connectivity index (χ2v) is 4.66. The van der Waals surface area contributed by atoms with Crippen LogP contribution < -0.4 is 5.32 Å². The Bertz CT molecular complexity index is 602. The molecular weight excluding hydrogens is 298 g/mol. The second kappa shape index (κ2) is 5.14. The molecule has 0 amide bonds. The maximum atomic E-state index is 10.7. The molecule has 0 spiro atoms. The van der Waals surface area contributed by atoms with Crippen molar-refractivity contribution in [3.8, 4) is 0 Å². The molecule has 2 aromatic rings. The van der Waals surface area contributed by atoms with Crippen molar-refractivity contribution < 1.29 is 4.92 Å². The van der Waals surface area contributed by atoms with E-state index in [-0.39, 0.29) is 5.69 Å². The summed E-state index contributed by atoms with van der Waals surface area (Å²) in [5.41, 5.74) is 1.91. The molecule has 0 aliphatic carbocycles. The second-order valence-electron chi connectivity index (χ2n) is 3.74. The molecule has 92 valence electrons. The van der Waals surface area contributed by atoms with E-state index in [0.717, 1.165) is 15.7 Å². The fourth-order valence-electron chi connectivity index (χ4n) is 1.51. The van der Waals surface area contributed by atoms with Crippen molar-refractivity contribution in [2.24, 2.45) is 0 Å². The van der Waals surface area contributed by atoms with Gasteiger partial charge in [0, 0.05) is 22.4 Å². The lowest BCUT2D eigenvalue weighted by molar-refractivity contribution is -0.384. The minimum Gasteiger partial charge on any atom is -0.340 e. The molecule has 5 nitrogen and oxygen atoms in total. The lowest BCUT2D eigenvalue weighted by atomic mass is 10.2. The third-order valence-electron chi connectivity index (χ3n) is 2.41. The number of halogens is 1. The highest BCUT2D eigenvalue weighted by Crippen LogP contribution is 2.24. The average molecular weight is 308 g/mol. The van der Waals surface area contributed by atoms with E-state index in [2.05, 4.69) is 26.2 Å². The van der Waals surface area contributed by atoms with Gasteiger partial charge in [-0.1, -0.05) is 15.9 Å². The Morgan fingerprint density at radius 1 is 1.33 bits per heavy atom. The number of nitro groups is 1. The van der Waals surface area contributed by atoms with E-state index in [4.69, 9.17) is 0 Å². The molecule has 0 saturated heterocycles. The van der Waals surface area contributed by atoms with E-state index in [1.807, 2.05) is 25.1 Å². The number of hydrogen-bond donors (Lipinski definition) is 1. The minimum absolute atomic E-state index is 0.0160. The minimum atomic E-state index is -0.443. The Morgan fingerprint density at radius 2 is 2.11 bits per heavy atom. The number of nitrogens with zero attached hydrogens (tertiary/aromatic N) is 2. The number of aromatic nitrogens is 1. The summed E-state index contributed by atoms with van der Waals surface area (Å²) < 4.78 is 0.984. The molecule has 0 unspecified atom stereocenters. The van der Waals surface area contributed by atoms with Gasteiger partial charge in [0.05, 0.1) is 11.0 Å². The van der Waals surface area contributed by atoms with Crippen LogP contribution in [0.2, 0.25) is 0 Å². The Kier molecular flexibility index (Phi) is 3.57. The maximum Gasteiger partial charge on any atom is 0.274 e. The van der Waals surface area contributed by atoms with E-state index in [9.17, 15) is 10.1 Å². The molecular formula is C12H10BrN3O2. The summed E-state index contributed by atoms with van der Waals surface area (Å²) in [5.74, 6) is 0.453.